The highest BCUT2D eigenvalue weighted by Crippen LogP contribution is 2.32. The molecule has 0 aliphatic rings. The van der Waals surface area contributed by atoms with Crippen LogP contribution in [0.3, 0.4) is 0 Å². The summed E-state index contributed by atoms with van der Waals surface area (Å²) >= 11 is 0. The summed E-state index contributed by atoms with van der Waals surface area (Å²) in [6.45, 7) is 0.340. The number of ether oxygens (including phenoxy) is 2. The van der Waals surface area contributed by atoms with Gasteiger partial charge in [-0.05, 0) is 24.3 Å². The van der Waals surface area contributed by atoms with Crippen molar-refractivity contribution < 1.29 is 18.3 Å². The van der Waals surface area contributed by atoms with E-state index >= 15 is 0 Å². The normalized spacial score (nSPS) is 10.5. The molecule has 6 heteroatoms. The number of methoxy groups -OCH3 is 2. The van der Waals surface area contributed by atoms with Crippen molar-refractivity contribution in [3.8, 4) is 22.8 Å². The van der Waals surface area contributed by atoms with Crippen LogP contribution in [0.1, 0.15) is 5.76 Å². The van der Waals surface area contributed by atoms with Gasteiger partial charge in [-0.3, -0.25) is 4.98 Å². The SMILES string of the molecule is COc1cc(F)c(NCc2ccc(-c3cccnc3)o2)cc1OC. The molecule has 0 spiro atoms. The van der Waals surface area contributed by atoms with Crippen molar-refractivity contribution in [2.75, 3.05) is 19.5 Å². The maximum absolute atomic E-state index is 14.1. The van der Waals surface area contributed by atoms with Crippen LogP contribution in [0.2, 0.25) is 0 Å². The third-order valence-electron chi connectivity index (χ3n) is 3.53. The average Bonchev–Trinajstić information content (AvgIpc) is 3.10. The molecule has 0 saturated heterocycles. The first-order valence-electron chi connectivity index (χ1n) is 7.35. The Morgan fingerprint density at radius 3 is 2.62 bits per heavy atom. The second-order valence-corrected chi connectivity index (χ2v) is 5.05. The Bertz CT molecular complexity index is 818. The third-order valence-corrected chi connectivity index (χ3v) is 3.53. The van der Waals surface area contributed by atoms with Crippen LogP contribution in [0.25, 0.3) is 11.3 Å². The predicted molar refractivity (Wildman–Crippen MR) is 88.8 cm³/mol. The van der Waals surface area contributed by atoms with Crippen molar-refractivity contribution >= 4 is 5.69 Å². The van der Waals surface area contributed by atoms with E-state index in [2.05, 4.69) is 10.3 Å². The number of benzene rings is 1. The van der Waals surface area contributed by atoms with Crippen molar-refractivity contribution in [2.24, 2.45) is 0 Å². The molecule has 0 aliphatic heterocycles. The Kier molecular flexibility index (Phi) is 4.65. The van der Waals surface area contributed by atoms with Gasteiger partial charge in [-0.1, -0.05) is 0 Å². The lowest BCUT2D eigenvalue weighted by Crippen LogP contribution is -2.02. The Morgan fingerprint density at radius 1 is 1.12 bits per heavy atom. The number of rotatable bonds is 6. The molecule has 3 rings (SSSR count). The number of anilines is 1. The van der Waals surface area contributed by atoms with Crippen molar-refractivity contribution in [3.63, 3.8) is 0 Å². The quantitative estimate of drug-likeness (QED) is 0.738. The first-order chi connectivity index (χ1) is 11.7. The molecule has 3 aromatic rings. The molecule has 1 aromatic carbocycles. The van der Waals surface area contributed by atoms with Crippen LogP contribution in [0.4, 0.5) is 10.1 Å². The van der Waals surface area contributed by atoms with Gasteiger partial charge in [0, 0.05) is 30.1 Å². The molecule has 0 atom stereocenters. The molecule has 1 N–H and O–H groups in total. The Balaban J connectivity index is 1.73. The smallest absolute Gasteiger partial charge is 0.163 e. The van der Waals surface area contributed by atoms with Crippen molar-refractivity contribution in [2.45, 2.75) is 6.54 Å². The van der Waals surface area contributed by atoms with Gasteiger partial charge in [-0.2, -0.15) is 0 Å². The van der Waals surface area contributed by atoms with Crippen LogP contribution in [0.5, 0.6) is 11.5 Å². The van der Waals surface area contributed by atoms with E-state index in [1.807, 2.05) is 24.3 Å². The number of nitrogens with zero attached hydrogens (tertiary/aromatic N) is 1. The first kappa shape index (κ1) is 15.9. The second-order valence-electron chi connectivity index (χ2n) is 5.05. The fourth-order valence-electron chi connectivity index (χ4n) is 2.31. The number of furan rings is 1. The Labute approximate surface area is 139 Å². The minimum atomic E-state index is -0.424. The fourth-order valence-corrected chi connectivity index (χ4v) is 2.31. The zero-order valence-corrected chi connectivity index (χ0v) is 13.4. The molecule has 2 aromatic heterocycles. The lowest BCUT2D eigenvalue weighted by Gasteiger charge is -2.12. The van der Waals surface area contributed by atoms with E-state index in [9.17, 15) is 4.39 Å². The van der Waals surface area contributed by atoms with Gasteiger partial charge in [0.15, 0.2) is 11.5 Å². The molecule has 0 saturated carbocycles. The molecule has 0 radical (unpaired) electrons. The molecular formula is C18H17FN2O3. The average molecular weight is 328 g/mol. The summed E-state index contributed by atoms with van der Waals surface area (Å²) in [5.74, 6) is 1.77. The maximum Gasteiger partial charge on any atom is 0.163 e. The van der Waals surface area contributed by atoms with E-state index in [4.69, 9.17) is 13.9 Å². The molecule has 2 heterocycles. The van der Waals surface area contributed by atoms with Gasteiger partial charge in [0.2, 0.25) is 0 Å². The zero-order chi connectivity index (χ0) is 16.9. The lowest BCUT2D eigenvalue weighted by atomic mass is 10.2. The van der Waals surface area contributed by atoms with Gasteiger partial charge in [0.25, 0.3) is 0 Å². The molecule has 24 heavy (non-hydrogen) atoms. The van der Waals surface area contributed by atoms with E-state index < -0.39 is 5.82 Å². The van der Waals surface area contributed by atoms with Gasteiger partial charge in [0.1, 0.15) is 17.3 Å². The van der Waals surface area contributed by atoms with Crippen molar-refractivity contribution in [1.29, 1.82) is 0 Å². The number of hydrogen-bond donors (Lipinski definition) is 1. The third kappa shape index (κ3) is 3.32. The van der Waals surface area contributed by atoms with Crippen LogP contribution in [0, 0.1) is 5.82 Å². The molecule has 0 aliphatic carbocycles. The van der Waals surface area contributed by atoms with Gasteiger partial charge in [0.05, 0.1) is 26.5 Å². The minimum absolute atomic E-state index is 0.312. The summed E-state index contributed by atoms with van der Waals surface area (Å²) in [6.07, 6.45) is 3.43. The molecule has 0 fully saturated rings. The van der Waals surface area contributed by atoms with Gasteiger partial charge >= 0.3 is 0 Å². The van der Waals surface area contributed by atoms with E-state index in [1.54, 1.807) is 18.5 Å². The van der Waals surface area contributed by atoms with Gasteiger partial charge in [-0.15, -0.1) is 0 Å². The van der Waals surface area contributed by atoms with Crippen LogP contribution < -0.4 is 14.8 Å². The van der Waals surface area contributed by atoms with E-state index in [0.717, 1.165) is 5.56 Å². The lowest BCUT2D eigenvalue weighted by molar-refractivity contribution is 0.352. The van der Waals surface area contributed by atoms with E-state index in [0.29, 0.717) is 35.3 Å². The minimum Gasteiger partial charge on any atom is -0.493 e. The second kappa shape index (κ2) is 7.04. The van der Waals surface area contributed by atoms with Gasteiger partial charge in [-0.25, -0.2) is 4.39 Å². The van der Waals surface area contributed by atoms with E-state index in [-0.39, 0.29) is 0 Å². The topological polar surface area (TPSA) is 56.5 Å². The summed E-state index contributed by atoms with van der Waals surface area (Å²) in [6, 6.07) is 10.3. The van der Waals surface area contributed by atoms with Crippen LogP contribution in [-0.2, 0) is 6.54 Å². The van der Waals surface area contributed by atoms with Crippen LogP contribution in [-0.4, -0.2) is 19.2 Å². The molecule has 124 valence electrons. The molecule has 0 unspecified atom stereocenters. The van der Waals surface area contributed by atoms with Crippen LogP contribution >= 0.6 is 0 Å². The maximum atomic E-state index is 14.1. The monoisotopic (exact) mass is 328 g/mol. The van der Waals surface area contributed by atoms with Gasteiger partial charge < -0.3 is 19.2 Å². The zero-order valence-electron chi connectivity index (χ0n) is 13.4. The van der Waals surface area contributed by atoms with E-state index in [1.165, 1.54) is 20.3 Å². The summed E-state index contributed by atoms with van der Waals surface area (Å²) in [5, 5.41) is 3.00. The highest BCUT2D eigenvalue weighted by molar-refractivity contribution is 5.57. The molecule has 0 bridgehead atoms. The Morgan fingerprint density at radius 2 is 1.92 bits per heavy atom. The highest BCUT2D eigenvalue weighted by Gasteiger charge is 2.12. The van der Waals surface area contributed by atoms with Crippen molar-refractivity contribution in [3.05, 3.63) is 60.4 Å². The highest BCUT2D eigenvalue weighted by atomic mass is 19.1. The molecule has 5 nitrogen and oxygen atoms in total. The Hall–Kier alpha value is -3.02. The number of hydrogen-bond acceptors (Lipinski definition) is 5. The summed E-state index contributed by atoms with van der Waals surface area (Å²) in [7, 11) is 2.97. The molecule has 0 amide bonds. The fraction of sp³-hybridized carbons (Fsp3) is 0.167. The number of pyridine rings is 1. The standard InChI is InChI=1S/C18H17FN2O3/c1-22-17-8-14(19)15(9-18(17)23-2)21-11-13-5-6-16(24-13)12-4-3-7-20-10-12/h3-10,21H,11H2,1-2H3. The van der Waals surface area contributed by atoms with Crippen molar-refractivity contribution in [1.82, 2.24) is 4.98 Å². The largest absolute Gasteiger partial charge is 0.493 e. The number of aromatic nitrogens is 1. The number of nitrogens with one attached hydrogen (secondary N) is 1. The predicted octanol–water partition coefficient (Wildman–Crippen LogP) is 4.11. The summed E-state index contributed by atoms with van der Waals surface area (Å²) in [5.41, 5.74) is 1.20. The number of halogens is 1. The first-order valence-corrected chi connectivity index (χ1v) is 7.35. The summed E-state index contributed by atoms with van der Waals surface area (Å²) < 4.78 is 30.1. The van der Waals surface area contributed by atoms with Crippen LogP contribution in [0.15, 0.2) is 53.2 Å². The molecular weight excluding hydrogens is 311 g/mol. The summed E-state index contributed by atoms with van der Waals surface area (Å²) in [4.78, 5) is 4.06.